The molecule has 1 rings (SSSR count). The Balaban J connectivity index is 2.52. The van der Waals surface area contributed by atoms with E-state index in [1.165, 1.54) is 0 Å². The molecule has 0 unspecified atom stereocenters. The van der Waals surface area contributed by atoms with E-state index >= 15 is 0 Å². The third kappa shape index (κ3) is 8.55. The zero-order chi connectivity index (χ0) is 18.3. The van der Waals surface area contributed by atoms with Crippen LogP contribution in [0.15, 0.2) is 12.4 Å². The molecule has 24 heavy (non-hydrogen) atoms. The van der Waals surface area contributed by atoms with Crippen LogP contribution in [0.25, 0.3) is 0 Å². The van der Waals surface area contributed by atoms with Crippen molar-refractivity contribution in [2.45, 2.75) is 66.2 Å². The molecule has 0 spiro atoms. The van der Waals surface area contributed by atoms with E-state index in [2.05, 4.69) is 29.6 Å². The Labute approximate surface area is 144 Å². The minimum atomic E-state index is -0.543. The summed E-state index contributed by atoms with van der Waals surface area (Å²) in [4.78, 5) is 23.9. The van der Waals surface area contributed by atoms with E-state index in [0.29, 0.717) is 12.5 Å². The van der Waals surface area contributed by atoms with Crippen LogP contribution in [0.4, 0.5) is 4.79 Å². The SMILES string of the molecule is Cc1cnn(CC(=O)N[C@@H](CNC(=O)OC(C)(C)C)CC(C)C)c1. The second-order valence-corrected chi connectivity index (χ2v) is 7.49. The van der Waals surface area contributed by atoms with Gasteiger partial charge in [-0.25, -0.2) is 4.79 Å². The van der Waals surface area contributed by atoms with Gasteiger partial charge in [0, 0.05) is 18.8 Å². The average molecular weight is 338 g/mol. The number of ether oxygens (including phenoxy) is 1. The number of aryl methyl sites for hydroxylation is 1. The highest BCUT2D eigenvalue weighted by molar-refractivity contribution is 5.76. The summed E-state index contributed by atoms with van der Waals surface area (Å²) in [6.07, 6.45) is 3.81. The van der Waals surface area contributed by atoms with E-state index in [4.69, 9.17) is 4.74 Å². The number of rotatable bonds is 7. The molecule has 0 bridgehead atoms. The van der Waals surface area contributed by atoms with Crippen molar-refractivity contribution in [3.63, 3.8) is 0 Å². The summed E-state index contributed by atoms with van der Waals surface area (Å²) in [6, 6.07) is -0.151. The van der Waals surface area contributed by atoms with Crippen molar-refractivity contribution in [2.24, 2.45) is 5.92 Å². The van der Waals surface area contributed by atoms with Gasteiger partial charge in [-0.3, -0.25) is 9.48 Å². The standard InChI is InChI=1S/C17H30N4O3/c1-12(2)7-14(9-18-16(23)24-17(4,5)6)20-15(22)11-21-10-13(3)8-19-21/h8,10,12,14H,7,9,11H2,1-6H3,(H,18,23)(H,20,22)/t14-/m1/s1. The van der Waals surface area contributed by atoms with Crippen LogP contribution in [0.1, 0.15) is 46.6 Å². The van der Waals surface area contributed by atoms with Gasteiger partial charge in [0.1, 0.15) is 12.1 Å². The van der Waals surface area contributed by atoms with Gasteiger partial charge in [-0.2, -0.15) is 5.10 Å². The van der Waals surface area contributed by atoms with Crippen LogP contribution >= 0.6 is 0 Å². The number of nitrogens with one attached hydrogen (secondary N) is 2. The first kappa shape index (κ1) is 20.0. The molecular formula is C17H30N4O3. The highest BCUT2D eigenvalue weighted by Gasteiger charge is 2.19. The van der Waals surface area contributed by atoms with Crippen LogP contribution in [-0.2, 0) is 16.1 Å². The van der Waals surface area contributed by atoms with Crippen molar-refractivity contribution in [3.8, 4) is 0 Å². The fraction of sp³-hybridized carbons (Fsp3) is 0.706. The van der Waals surface area contributed by atoms with E-state index in [1.807, 2.05) is 33.9 Å². The van der Waals surface area contributed by atoms with Crippen LogP contribution < -0.4 is 10.6 Å². The van der Waals surface area contributed by atoms with E-state index in [9.17, 15) is 9.59 Å². The van der Waals surface area contributed by atoms with Crippen LogP contribution in [0.2, 0.25) is 0 Å². The molecule has 1 aromatic rings. The Bertz CT molecular complexity index is 546. The highest BCUT2D eigenvalue weighted by atomic mass is 16.6. The van der Waals surface area contributed by atoms with Crippen molar-refractivity contribution in [3.05, 3.63) is 18.0 Å². The predicted molar refractivity (Wildman–Crippen MR) is 92.6 cm³/mol. The summed E-state index contributed by atoms with van der Waals surface area (Å²) in [5, 5.41) is 9.78. The molecule has 7 heteroatoms. The van der Waals surface area contributed by atoms with E-state index in [1.54, 1.807) is 10.9 Å². The van der Waals surface area contributed by atoms with Gasteiger partial charge in [0.15, 0.2) is 0 Å². The van der Waals surface area contributed by atoms with Gasteiger partial charge in [-0.05, 0) is 45.6 Å². The number of alkyl carbamates (subject to hydrolysis) is 1. The molecule has 7 nitrogen and oxygen atoms in total. The summed E-state index contributed by atoms with van der Waals surface area (Å²) in [5.41, 5.74) is 0.465. The maximum Gasteiger partial charge on any atom is 0.407 e. The highest BCUT2D eigenvalue weighted by Crippen LogP contribution is 2.08. The molecule has 0 radical (unpaired) electrons. The van der Waals surface area contributed by atoms with Crippen LogP contribution in [0.5, 0.6) is 0 Å². The minimum Gasteiger partial charge on any atom is -0.444 e. The summed E-state index contributed by atoms with van der Waals surface area (Å²) in [7, 11) is 0. The number of carbonyl (C=O) groups excluding carboxylic acids is 2. The van der Waals surface area contributed by atoms with E-state index in [-0.39, 0.29) is 18.5 Å². The Morgan fingerprint density at radius 2 is 2.00 bits per heavy atom. The van der Waals surface area contributed by atoms with Crippen LogP contribution in [0.3, 0.4) is 0 Å². The zero-order valence-corrected chi connectivity index (χ0v) is 15.5. The quantitative estimate of drug-likeness (QED) is 0.798. The number of amides is 2. The van der Waals surface area contributed by atoms with Gasteiger partial charge in [0.2, 0.25) is 5.91 Å². The Morgan fingerprint density at radius 1 is 1.33 bits per heavy atom. The van der Waals surface area contributed by atoms with Crippen molar-refractivity contribution in [1.82, 2.24) is 20.4 Å². The van der Waals surface area contributed by atoms with Crippen LogP contribution in [0, 0.1) is 12.8 Å². The van der Waals surface area contributed by atoms with Gasteiger partial charge in [0.05, 0.1) is 6.20 Å². The maximum absolute atomic E-state index is 12.2. The third-order valence-corrected chi connectivity index (χ3v) is 3.08. The second-order valence-electron chi connectivity index (χ2n) is 7.49. The lowest BCUT2D eigenvalue weighted by Gasteiger charge is -2.23. The average Bonchev–Trinajstić information content (AvgIpc) is 2.78. The topological polar surface area (TPSA) is 85.3 Å². The molecule has 0 aliphatic heterocycles. The van der Waals surface area contributed by atoms with Gasteiger partial charge < -0.3 is 15.4 Å². The summed E-state index contributed by atoms with van der Waals surface area (Å²) >= 11 is 0. The largest absolute Gasteiger partial charge is 0.444 e. The molecule has 0 aliphatic rings. The predicted octanol–water partition coefficient (Wildman–Crippen LogP) is 2.25. The molecule has 0 saturated heterocycles. The summed E-state index contributed by atoms with van der Waals surface area (Å²) in [6.45, 7) is 12.0. The van der Waals surface area contributed by atoms with Crippen molar-refractivity contribution < 1.29 is 14.3 Å². The Hall–Kier alpha value is -2.05. The van der Waals surface area contributed by atoms with Crippen LogP contribution in [-0.4, -0.2) is 40.0 Å². The lowest BCUT2D eigenvalue weighted by atomic mass is 10.0. The smallest absolute Gasteiger partial charge is 0.407 e. The fourth-order valence-corrected chi connectivity index (χ4v) is 2.26. The molecule has 0 fully saturated rings. The zero-order valence-electron chi connectivity index (χ0n) is 15.5. The first-order valence-electron chi connectivity index (χ1n) is 8.30. The fourth-order valence-electron chi connectivity index (χ4n) is 2.26. The molecule has 136 valence electrons. The monoisotopic (exact) mass is 338 g/mol. The lowest BCUT2D eigenvalue weighted by Crippen LogP contribution is -2.46. The normalized spacial score (nSPS) is 12.8. The molecule has 0 aliphatic carbocycles. The molecular weight excluding hydrogens is 308 g/mol. The van der Waals surface area contributed by atoms with Crippen molar-refractivity contribution >= 4 is 12.0 Å². The number of nitrogens with zero attached hydrogens (tertiary/aromatic N) is 2. The summed E-state index contributed by atoms with van der Waals surface area (Å²) in [5.74, 6) is 0.262. The summed E-state index contributed by atoms with van der Waals surface area (Å²) < 4.78 is 6.82. The number of aromatic nitrogens is 2. The van der Waals surface area contributed by atoms with Gasteiger partial charge in [-0.1, -0.05) is 13.8 Å². The van der Waals surface area contributed by atoms with Crippen molar-refractivity contribution in [1.29, 1.82) is 0 Å². The Kier molecular flexibility index (Phi) is 7.25. The lowest BCUT2D eigenvalue weighted by molar-refractivity contribution is -0.122. The molecule has 2 amide bonds. The van der Waals surface area contributed by atoms with Crippen molar-refractivity contribution in [2.75, 3.05) is 6.54 Å². The maximum atomic E-state index is 12.2. The Morgan fingerprint density at radius 3 is 2.50 bits per heavy atom. The van der Waals surface area contributed by atoms with Gasteiger partial charge in [-0.15, -0.1) is 0 Å². The number of carbonyl (C=O) groups is 2. The molecule has 0 aromatic carbocycles. The molecule has 2 N–H and O–H groups in total. The van der Waals surface area contributed by atoms with E-state index in [0.717, 1.165) is 12.0 Å². The molecule has 1 atom stereocenters. The number of hydrogen-bond donors (Lipinski definition) is 2. The third-order valence-electron chi connectivity index (χ3n) is 3.08. The second kappa shape index (κ2) is 8.70. The van der Waals surface area contributed by atoms with Gasteiger partial charge >= 0.3 is 6.09 Å². The number of hydrogen-bond acceptors (Lipinski definition) is 4. The molecule has 1 heterocycles. The first-order chi connectivity index (χ1) is 11.0. The first-order valence-corrected chi connectivity index (χ1v) is 8.30. The minimum absolute atomic E-state index is 0.130. The van der Waals surface area contributed by atoms with E-state index < -0.39 is 11.7 Å². The molecule has 1 aromatic heterocycles. The van der Waals surface area contributed by atoms with Gasteiger partial charge in [0.25, 0.3) is 0 Å². The molecule has 0 saturated carbocycles.